The van der Waals surface area contributed by atoms with Gasteiger partial charge in [0.15, 0.2) is 0 Å². The number of benzene rings is 2. The molecule has 0 aliphatic carbocycles. The second kappa shape index (κ2) is 6.92. The molecular weight excluding hydrogens is 287 g/mol. The van der Waals surface area contributed by atoms with Gasteiger partial charge in [0.2, 0.25) is 0 Å². The topological polar surface area (TPSA) is 29.3 Å². The highest BCUT2D eigenvalue weighted by molar-refractivity contribution is 6.33. The fraction of sp³-hybridized carbons (Fsp3) is 0.294. The molecular formula is C17H20ClFN2. The van der Waals surface area contributed by atoms with E-state index in [1.807, 2.05) is 43.0 Å². The maximum absolute atomic E-state index is 14.1. The summed E-state index contributed by atoms with van der Waals surface area (Å²) in [6.07, 6.45) is 0.695. The quantitative estimate of drug-likeness (QED) is 0.879. The van der Waals surface area contributed by atoms with Gasteiger partial charge < -0.3 is 10.6 Å². The van der Waals surface area contributed by atoms with Crippen molar-refractivity contribution in [3.8, 4) is 0 Å². The molecule has 4 heteroatoms. The number of para-hydroxylation sites is 2. The molecule has 0 aliphatic heterocycles. The minimum atomic E-state index is -0.258. The third-order valence-electron chi connectivity index (χ3n) is 3.34. The second-order valence-corrected chi connectivity index (χ2v) is 5.53. The SMILES string of the molecule is CCN(c1ccccc1F)c1c(Cl)cccc1CC(C)N. The smallest absolute Gasteiger partial charge is 0.146 e. The number of hydrogen-bond acceptors (Lipinski definition) is 2. The maximum atomic E-state index is 14.1. The Morgan fingerprint density at radius 2 is 1.90 bits per heavy atom. The number of nitrogens with two attached hydrogens (primary N) is 1. The number of rotatable bonds is 5. The van der Waals surface area contributed by atoms with Crippen molar-refractivity contribution in [2.45, 2.75) is 26.3 Å². The van der Waals surface area contributed by atoms with Gasteiger partial charge in [0.1, 0.15) is 5.82 Å². The summed E-state index contributed by atoms with van der Waals surface area (Å²) in [7, 11) is 0. The third-order valence-corrected chi connectivity index (χ3v) is 3.65. The number of halogens is 2. The molecule has 2 aromatic rings. The third kappa shape index (κ3) is 3.55. The Hall–Kier alpha value is -1.58. The van der Waals surface area contributed by atoms with Crippen LogP contribution >= 0.6 is 11.6 Å². The van der Waals surface area contributed by atoms with Gasteiger partial charge in [0.25, 0.3) is 0 Å². The molecule has 2 aromatic carbocycles. The first kappa shape index (κ1) is 15.8. The summed E-state index contributed by atoms with van der Waals surface area (Å²) in [4.78, 5) is 1.90. The van der Waals surface area contributed by atoms with Crippen LogP contribution < -0.4 is 10.6 Å². The van der Waals surface area contributed by atoms with Gasteiger partial charge in [-0.2, -0.15) is 0 Å². The monoisotopic (exact) mass is 306 g/mol. The molecule has 0 aliphatic rings. The van der Waals surface area contributed by atoms with Crippen LogP contribution in [0, 0.1) is 5.82 Å². The zero-order valence-corrected chi connectivity index (χ0v) is 13.1. The number of nitrogens with zero attached hydrogens (tertiary/aromatic N) is 1. The molecule has 2 rings (SSSR count). The fourth-order valence-electron chi connectivity index (χ4n) is 2.49. The maximum Gasteiger partial charge on any atom is 0.146 e. The Morgan fingerprint density at radius 1 is 1.19 bits per heavy atom. The van der Waals surface area contributed by atoms with Crippen LogP contribution in [0.3, 0.4) is 0 Å². The second-order valence-electron chi connectivity index (χ2n) is 5.12. The van der Waals surface area contributed by atoms with Crippen molar-refractivity contribution in [2.24, 2.45) is 5.73 Å². The van der Waals surface area contributed by atoms with Crippen LogP contribution in [0.2, 0.25) is 5.02 Å². The van der Waals surface area contributed by atoms with Crippen molar-refractivity contribution < 1.29 is 4.39 Å². The van der Waals surface area contributed by atoms with E-state index in [0.29, 0.717) is 23.7 Å². The van der Waals surface area contributed by atoms with Crippen LogP contribution in [0.1, 0.15) is 19.4 Å². The van der Waals surface area contributed by atoms with E-state index in [0.717, 1.165) is 11.3 Å². The minimum Gasteiger partial charge on any atom is -0.338 e. The molecule has 0 radical (unpaired) electrons. The molecule has 0 spiro atoms. The van der Waals surface area contributed by atoms with Crippen LogP contribution in [0.4, 0.5) is 15.8 Å². The van der Waals surface area contributed by atoms with Crippen LogP contribution in [0.15, 0.2) is 42.5 Å². The summed E-state index contributed by atoms with van der Waals surface area (Å²) < 4.78 is 14.1. The van der Waals surface area contributed by atoms with Gasteiger partial charge in [-0.15, -0.1) is 0 Å². The Bertz CT molecular complexity index is 613. The first-order valence-corrected chi connectivity index (χ1v) is 7.47. The lowest BCUT2D eigenvalue weighted by Crippen LogP contribution is -2.23. The molecule has 0 fully saturated rings. The average molecular weight is 307 g/mol. The van der Waals surface area contributed by atoms with Crippen molar-refractivity contribution in [2.75, 3.05) is 11.4 Å². The minimum absolute atomic E-state index is 0.0153. The van der Waals surface area contributed by atoms with Crippen LogP contribution in [-0.2, 0) is 6.42 Å². The summed E-state index contributed by atoms with van der Waals surface area (Å²) in [5.41, 5.74) is 8.31. The molecule has 1 unspecified atom stereocenters. The van der Waals surface area contributed by atoms with E-state index in [4.69, 9.17) is 17.3 Å². The number of hydrogen-bond donors (Lipinski definition) is 1. The largest absolute Gasteiger partial charge is 0.338 e. The first-order chi connectivity index (χ1) is 10.0. The summed E-state index contributed by atoms with van der Waals surface area (Å²) in [5.74, 6) is -0.258. The standard InChI is InChI=1S/C17H20ClFN2/c1-3-21(16-10-5-4-9-15(16)19)17-13(11-12(2)20)7-6-8-14(17)18/h4-10,12H,3,11,20H2,1-2H3. The van der Waals surface area contributed by atoms with Gasteiger partial charge >= 0.3 is 0 Å². The molecule has 21 heavy (non-hydrogen) atoms. The van der Waals surface area contributed by atoms with Gasteiger partial charge in [0, 0.05) is 12.6 Å². The van der Waals surface area contributed by atoms with E-state index in [1.54, 1.807) is 12.1 Å². The summed E-state index contributed by atoms with van der Waals surface area (Å²) in [6, 6.07) is 12.5. The summed E-state index contributed by atoms with van der Waals surface area (Å²) in [5, 5.41) is 0.609. The molecule has 2 nitrogen and oxygen atoms in total. The Kier molecular flexibility index (Phi) is 5.21. The molecule has 2 N–H and O–H groups in total. The van der Waals surface area contributed by atoms with E-state index in [2.05, 4.69) is 0 Å². The molecule has 0 bridgehead atoms. The summed E-state index contributed by atoms with van der Waals surface area (Å²) >= 11 is 6.38. The molecule has 1 atom stereocenters. The summed E-state index contributed by atoms with van der Waals surface area (Å²) in [6.45, 7) is 4.55. The molecule has 112 valence electrons. The predicted octanol–water partition coefficient (Wildman–Crippen LogP) is 4.53. The highest BCUT2D eigenvalue weighted by Crippen LogP contribution is 2.36. The van der Waals surface area contributed by atoms with Gasteiger partial charge in [-0.1, -0.05) is 35.9 Å². The Balaban J connectivity index is 2.54. The van der Waals surface area contributed by atoms with Gasteiger partial charge in [-0.05, 0) is 44.0 Å². The predicted molar refractivity (Wildman–Crippen MR) is 87.9 cm³/mol. The highest BCUT2D eigenvalue weighted by atomic mass is 35.5. The van der Waals surface area contributed by atoms with Crippen molar-refractivity contribution >= 4 is 23.0 Å². The van der Waals surface area contributed by atoms with E-state index in [-0.39, 0.29) is 11.9 Å². The van der Waals surface area contributed by atoms with E-state index < -0.39 is 0 Å². The zero-order chi connectivity index (χ0) is 15.4. The van der Waals surface area contributed by atoms with Crippen LogP contribution in [-0.4, -0.2) is 12.6 Å². The molecule has 0 aromatic heterocycles. The lowest BCUT2D eigenvalue weighted by molar-refractivity contribution is 0.625. The highest BCUT2D eigenvalue weighted by Gasteiger charge is 2.18. The van der Waals surface area contributed by atoms with Gasteiger partial charge in [-0.25, -0.2) is 4.39 Å². The lowest BCUT2D eigenvalue weighted by Gasteiger charge is -2.28. The zero-order valence-electron chi connectivity index (χ0n) is 12.3. The van der Waals surface area contributed by atoms with Crippen LogP contribution in [0.25, 0.3) is 0 Å². The molecule has 0 saturated heterocycles. The van der Waals surface area contributed by atoms with Gasteiger partial charge in [-0.3, -0.25) is 0 Å². The van der Waals surface area contributed by atoms with E-state index in [1.165, 1.54) is 6.07 Å². The van der Waals surface area contributed by atoms with Crippen molar-refractivity contribution in [1.82, 2.24) is 0 Å². The average Bonchev–Trinajstić information content (AvgIpc) is 2.43. The normalized spacial score (nSPS) is 12.2. The van der Waals surface area contributed by atoms with Crippen molar-refractivity contribution in [3.63, 3.8) is 0 Å². The Morgan fingerprint density at radius 3 is 2.52 bits per heavy atom. The lowest BCUT2D eigenvalue weighted by atomic mass is 10.0. The van der Waals surface area contributed by atoms with E-state index >= 15 is 0 Å². The van der Waals surface area contributed by atoms with Crippen LogP contribution in [0.5, 0.6) is 0 Å². The van der Waals surface area contributed by atoms with Crippen molar-refractivity contribution in [3.05, 3.63) is 58.9 Å². The molecule has 0 amide bonds. The number of anilines is 2. The fourth-order valence-corrected chi connectivity index (χ4v) is 2.79. The van der Waals surface area contributed by atoms with Crippen molar-refractivity contribution in [1.29, 1.82) is 0 Å². The Labute approximate surface area is 130 Å². The molecule has 0 heterocycles. The first-order valence-electron chi connectivity index (χ1n) is 7.09. The van der Waals surface area contributed by atoms with E-state index in [9.17, 15) is 4.39 Å². The molecule has 0 saturated carbocycles. The van der Waals surface area contributed by atoms with Gasteiger partial charge in [0.05, 0.1) is 16.4 Å².